The first-order valence-electron chi connectivity index (χ1n) is 10.9. The lowest BCUT2D eigenvalue weighted by Crippen LogP contribution is -2.22. The minimum absolute atomic E-state index is 0.0489. The summed E-state index contributed by atoms with van der Waals surface area (Å²) in [6.45, 7) is 0.500. The van der Waals surface area contributed by atoms with Crippen LogP contribution in [0.4, 0.5) is 13.9 Å². The number of anilines is 1. The molecule has 0 unspecified atom stereocenters. The molecule has 3 aromatic heterocycles. The lowest BCUT2D eigenvalue weighted by molar-refractivity contribution is 0.00365. The van der Waals surface area contributed by atoms with Gasteiger partial charge < -0.3 is 14.2 Å². The zero-order chi connectivity index (χ0) is 24.0. The average Bonchev–Trinajstić information content (AvgIpc) is 3.25. The quantitative estimate of drug-likeness (QED) is 0.428. The Bertz CT molecular complexity index is 1430. The van der Waals surface area contributed by atoms with Gasteiger partial charge in [0.1, 0.15) is 22.2 Å². The highest BCUT2D eigenvalue weighted by molar-refractivity contribution is 7.22. The number of thiazole rings is 1. The number of rotatable bonds is 4. The molecule has 0 radical (unpaired) electrons. The highest BCUT2D eigenvalue weighted by Crippen LogP contribution is 2.40. The van der Waals surface area contributed by atoms with Gasteiger partial charge in [0, 0.05) is 57.6 Å². The van der Waals surface area contributed by atoms with Gasteiger partial charge in [0.25, 0.3) is 0 Å². The van der Waals surface area contributed by atoms with Crippen LogP contribution in [0, 0.1) is 11.6 Å². The molecule has 4 aromatic rings. The molecule has 1 aliphatic rings. The van der Waals surface area contributed by atoms with Gasteiger partial charge in [-0.25, -0.2) is 18.7 Å². The van der Waals surface area contributed by atoms with Crippen LogP contribution < -0.4 is 10.5 Å². The Morgan fingerprint density at radius 1 is 1.15 bits per heavy atom. The molecule has 1 aromatic carbocycles. The smallest absolute Gasteiger partial charge is 0.250 e. The van der Waals surface area contributed by atoms with Crippen LogP contribution in [0.25, 0.3) is 21.6 Å². The Morgan fingerprint density at radius 3 is 2.71 bits per heavy atom. The van der Waals surface area contributed by atoms with Crippen molar-refractivity contribution in [3.05, 3.63) is 69.9 Å². The second kappa shape index (κ2) is 8.84. The maximum Gasteiger partial charge on any atom is 0.250 e. The van der Waals surface area contributed by atoms with Crippen LogP contribution >= 0.6 is 11.3 Å². The van der Waals surface area contributed by atoms with Crippen molar-refractivity contribution in [1.29, 1.82) is 0 Å². The monoisotopic (exact) mass is 483 g/mol. The second-order valence-corrected chi connectivity index (χ2v) is 9.57. The fourth-order valence-corrected chi connectivity index (χ4v) is 5.07. The van der Waals surface area contributed by atoms with E-state index in [2.05, 4.69) is 4.98 Å². The summed E-state index contributed by atoms with van der Waals surface area (Å²) in [4.78, 5) is 27.8. The summed E-state index contributed by atoms with van der Waals surface area (Å²) in [5.41, 5.74) is 1.93. The average molecular weight is 484 g/mol. The number of fused-ring (bicyclic) bond motifs is 1. The van der Waals surface area contributed by atoms with Gasteiger partial charge in [-0.1, -0.05) is 11.3 Å². The molecule has 7 nitrogen and oxygen atoms in total. The van der Waals surface area contributed by atoms with Crippen molar-refractivity contribution >= 4 is 26.8 Å². The molecule has 5 rings (SSSR count). The molecule has 176 valence electrons. The minimum atomic E-state index is -0.680. The lowest BCUT2D eigenvalue weighted by atomic mass is 9.91. The number of benzene rings is 1. The zero-order valence-corrected chi connectivity index (χ0v) is 19.8. The molecule has 4 heterocycles. The Kier molecular flexibility index (Phi) is 5.86. The Balaban J connectivity index is 1.59. The first kappa shape index (κ1) is 22.5. The van der Waals surface area contributed by atoms with Crippen molar-refractivity contribution in [2.75, 3.05) is 25.6 Å². The topological polar surface area (TPSA) is 73.1 Å². The van der Waals surface area contributed by atoms with Gasteiger partial charge in [0.05, 0.1) is 11.8 Å². The summed E-state index contributed by atoms with van der Waals surface area (Å²) in [7, 11) is 5.46. The molecule has 0 aliphatic carbocycles. The number of hydrogen-bond acceptors (Lipinski definition) is 7. The molecular weight excluding hydrogens is 460 g/mol. The van der Waals surface area contributed by atoms with Crippen LogP contribution in [-0.4, -0.2) is 40.2 Å². The van der Waals surface area contributed by atoms with Gasteiger partial charge in [-0.05, 0) is 36.6 Å². The molecule has 10 heteroatoms. The number of nitrogens with zero attached hydrogens (tertiary/aromatic N) is 5. The molecule has 34 heavy (non-hydrogen) atoms. The summed E-state index contributed by atoms with van der Waals surface area (Å²) < 4.78 is 36.5. The summed E-state index contributed by atoms with van der Waals surface area (Å²) in [6, 6.07) is 6.80. The zero-order valence-electron chi connectivity index (χ0n) is 19.0. The summed E-state index contributed by atoms with van der Waals surface area (Å²) in [5.74, 6) is -0.817. The molecule has 1 fully saturated rings. The van der Waals surface area contributed by atoms with Crippen molar-refractivity contribution in [1.82, 2.24) is 19.5 Å². The molecule has 1 aliphatic heterocycles. The first-order valence-corrected chi connectivity index (χ1v) is 11.7. The minimum Gasteiger partial charge on any atom is -0.373 e. The van der Waals surface area contributed by atoms with Gasteiger partial charge in [-0.3, -0.25) is 4.79 Å². The van der Waals surface area contributed by atoms with Crippen molar-refractivity contribution in [3.8, 4) is 11.3 Å². The standard InChI is InChI=1S/C24H23F2N5O2S/c1-30(2)24-29-23-21(34-24)20(16-6-5-15(25)11-17(16)26)27-22(28-23)13-8-9-33-18(10-13)14-4-7-19(32)31(3)12-14/h4-7,11-13,18H,8-10H2,1-3H3/t13-,18+/m0/s1. The lowest BCUT2D eigenvalue weighted by Gasteiger charge is -2.29. The van der Waals surface area contributed by atoms with Crippen LogP contribution in [0.1, 0.15) is 36.3 Å². The van der Waals surface area contributed by atoms with Gasteiger partial charge >= 0.3 is 0 Å². The van der Waals surface area contributed by atoms with E-state index in [4.69, 9.17) is 14.7 Å². The van der Waals surface area contributed by atoms with E-state index in [0.717, 1.165) is 16.8 Å². The van der Waals surface area contributed by atoms with E-state index in [9.17, 15) is 13.6 Å². The Labute approximate surface area is 198 Å². The van der Waals surface area contributed by atoms with Crippen LogP contribution in [-0.2, 0) is 11.8 Å². The SMILES string of the molecule is CN(C)c1nc2nc([C@H]3CCO[C@@H](c4ccc(=O)n(C)c4)C3)nc(-c3ccc(F)cc3F)c2s1. The Morgan fingerprint density at radius 2 is 1.97 bits per heavy atom. The van der Waals surface area contributed by atoms with E-state index in [0.29, 0.717) is 41.3 Å². The number of aromatic nitrogens is 4. The summed E-state index contributed by atoms with van der Waals surface area (Å²) >= 11 is 1.37. The van der Waals surface area contributed by atoms with E-state index >= 15 is 0 Å². The molecule has 2 atom stereocenters. The molecule has 0 amide bonds. The van der Waals surface area contributed by atoms with Crippen LogP contribution in [0.3, 0.4) is 0 Å². The number of hydrogen-bond donors (Lipinski definition) is 0. The maximum absolute atomic E-state index is 14.8. The van der Waals surface area contributed by atoms with Gasteiger partial charge in [-0.15, -0.1) is 0 Å². The van der Waals surface area contributed by atoms with Crippen LogP contribution in [0.5, 0.6) is 0 Å². The van der Waals surface area contributed by atoms with E-state index in [1.165, 1.54) is 34.1 Å². The fourth-order valence-electron chi connectivity index (χ4n) is 4.14. The first-order chi connectivity index (χ1) is 16.3. The summed E-state index contributed by atoms with van der Waals surface area (Å²) in [5, 5.41) is 0.722. The predicted octanol–water partition coefficient (Wildman–Crippen LogP) is 4.43. The second-order valence-electron chi connectivity index (χ2n) is 8.59. The van der Waals surface area contributed by atoms with E-state index in [1.807, 2.05) is 19.0 Å². The van der Waals surface area contributed by atoms with E-state index < -0.39 is 11.6 Å². The molecule has 0 saturated carbocycles. The predicted molar refractivity (Wildman–Crippen MR) is 127 cm³/mol. The third-order valence-electron chi connectivity index (χ3n) is 5.96. The summed E-state index contributed by atoms with van der Waals surface area (Å²) in [6.07, 6.45) is 2.87. The Hall–Kier alpha value is -3.24. The van der Waals surface area contributed by atoms with E-state index in [1.54, 1.807) is 19.3 Å². The molecule has 1 saturated heterocycles. The van der Waals surface area contributed by atoms with Crippen molar-refractivity contribution in [3.63, 3.8) is 0 Å². The van der Waals surface area contributed by atoms with Gasteiger partial charge in [0.15, 0.2) is 10.8 Å². The van der Waals surface area contributed by atoms with Crippen molar-refractivity contribution < 1.29 is 13.5 Å². The van der Waals surface area contributed by atoms with E-state index in [-0.39, 0.29) is 23.1 Å². The third-order valence-corrected chi connectivity index (χ3v) is 7.18. The normalized spacial score (nSPS) is 18.4. The molecular formula is C24H23F2N5O2S. The maximum atomic E-state index is 14.8. The highest BCUT2D eigenvalue weighted by Gasteiger charge is 2.29. The largest absolute Gasteiger partial charge is 0.373 e. The van der Waals surface area contributed by atoms with Gasteiger partial charge in [-0.2, -0.15) is 4.98 Å². The van der Waals surface area contributed by atoms with Crippen molar-refractivity contribution in [2.24, 2.45) is 7.05 Å². The molecule has 0 spiro atoms. The molecule has 0 N–H and O–H groups in total. The number of pyridine rings is 1. The highest BCUT2D eigenvalue weighted by atomic mass is 32.1. The third kappa shape index (κ3) is 4.19. The van der Waals surface area contributed by atoms with Crippen LogP contribution in [0.15, 0.2) is 41.3 Å². The number of halogens is 2. The fraction of sp³-hybridized carbons (Fsp3) is 0.333. The number of ether oxygens (including phenoxy) is 1. The molecule has 0 bridgehead atoms. The number of aryl methyl sites for hydroxylation is 1. The van der Waals surface area contributed by atoms with Crippen LogP contribution in [0.2, 0.25) is 0 Å². The van der Waals surface area contributed by atoms with Crippen molar-refractivity contribution in [2.45, 2.75) is 24.9 Å². The van der Waals surface area contributed by atoms with Gasteiger partial charge in [0.2, 0.25) is 5.56 Å².